The van der Waals surface area contributed by atoms with E-state index in [0.29, 0.717) is 25.4 Å². The summed E-state index contributed by atoms with van der Waals surface area (Å²) in [4.78, 5) is 26.4. The van der Waals surface area contributed by atoms with Gasteiger partial charge in [0.05, 0.1) is 18.7 Å². The molecule has 1 atom stereocenters. The zero-order valence-electron chi connectivity index (χ0n) is 13.6. The monoisotopic (exact) mass is 331 g/mol. The summed E-state index contributed by atoms with van der Waals surface area (Å²) >= 11 is 0. The van der Waals surface area contributed by atoms with E-state index in [0.717, 1.165) is 25.2 Å². The van der Waals surface area contributed by atoms with Crippen molar-refractivity contribution in [1.29, 1.82) is 0 Å². The average Bonchev–Trinajstić information content (AvgIpc) is 3.30. The van der Waals surface area contributed by atoms with Gasteiger partial charge >= 0.3 is 0 Å². The van der Waals surface area contributed by atoms with E-state index in [-0.39, 0.29) is 17.7 Å². The van der Waals surface area contributed by atoms with Gasteiger partial charge in [-0.25, -0.2) is 0 Å². The number of nitrogens with zero attached hydrogens (tertiary/aromatic N) is 4. The van der Waals surface area contributed by atoms with Crippen molar-refractivity contribution in [2.45, 2.75) is 32.9 Å². The highest BCUT2D eigenvalue weighted by Gasteiger charge is 2.29. The number of nitrogens with one attached hydrogen (secondary N) is 1. The zero-order valence-corrected chi connectivity index (χ0v) is 13.6. The van der Waals surface area contributed by atoms with Crippen molar-refractivity contribution in [3.8, 4) is 0 Å². The Hall–Kier alpha value is -2.64. The van der Waals surface area contributed by atoms with Gasteiger partial charge in [0.2, 0.25) is 5.91 Å². The maximum atomic E-state index is 12.4. The van der Waals surface area contributed by atoms with Gasteiger partial charge in [-0.15, -0.1) is 10.2 Å². The third-order valence-electron chi connectivity index (χ3n) is 4.27. The number of hydrogen-bond donors (Lipinski definition) is 1. The van der Waals surface area contributed by atoms with E-state index in [4.69, 9.17) is 4.42 Å². The molecule has 3 heterocycles. The lowest BCUT2D eigenvalue weighted by molar-refractivity contribution is -0.126. The van der Waals surface area contributed by atoms with Gasteiger partial charge in [0, 0.05) is 19.6 Å². The average molecular weight is 331 g/mol. The number of aryl methyl sites for hydroxylation is 1. The van der Waals surface area contributed by atoms with Gasteiger partial charge in [-0.05, 0) is 31.9 Å². The normalized spacial score (nSPS) is 17.7. The Balaban J connectivity index is 1.56. The predicted molar refractivity (Wildman–Crippen MR) is 84.9 cm³/mol. The molecule has 1 N–H and O–H groups in total. The fourth-order valence-corrected chi connectivity index (χ4v) is 2.92. The van der Waals surface area contributed by atoms with Crippen molar-refractivity contribution in [3.63, 3.8) is 0 Å². The first-order valence-electron chi connectivity index (χ1n) is 8.16. The Morgan fingerprint density at radius 3 is 3.08 bits per heavy atom. The van der Waals surface area contributed by atoms with Crippen LogP contribution in [0.3, 0.4) is 0 Å². The third-order valence-corrected chi connectivity index (χ3v) is 4.27. The van der Waals surface area contributed by atoms with Gasteiger partial charge in [0.15, 0.2) is 11.6 Å². The summed E-state index contributed by atoms with van der Waals surface area (Å²) < 4.78 is 7.04. The molecule has 128 valence electrons. The van der Waals surface area contributed by atoms with Crippen LogP contribution in [0.2, 0.25) is 0 Å². The number of piperidine rings is 1. The summed E-state index contributed by atoms with van der Waals surface area (Å²) in [6.07, 6.45) is 4.70. The minimum atomic E-state index is -0.212. The van der Waals surface area contributed by atoms with Gasteiger partial charge in [0.1, 0.15) is 6.33 Å². The largest absolute Gasteiger partial charge is 0.459 e. The Bertz CT molecular complexity index is 694. The molecule has 2 amide bonds. The van der Waals surface area contributed by atoms with Crippen LogP contribution in [0.4, 0.5) is 0 Å². The number of likely N-dealkylation sites (tertiary alicyclic amines) is 1. The second-order valence-corrected chi connectivity index (χ2v) is 5.82. The lowest BCUT2D eigenvalue weighted by atomic mass is 9.97. The van der Waals surface area contributed by atoms with Gasteiger partial charge in [-0.1, -0.05) is 0 Å². The topological polar surface area (TPSA) is 93.3 Å². The number of hydrogen-bond acceptors (Lipinski definition) is 5. The van der Waals surface area contributed by atoms with E-state index in [9.17, 15) is 9.59 Å². The molecule has 24 heavy (non-hydrogen) atoms. The summed E-state index contributed by atoms with van der Waals surface area (Å²) in [6, 6.07) is 3.33. The van der Waals surface area contributed by atoms with Crippen LogP contribution in [0.1, 0.15) is 36.1 Å². The SMILES string of the molecule is CCn1cnnc1CNC(=O)C1CCCN(C(=O)c2ccco2)C1. The van der Waals surface area contributed by atoms with Gasteiger partial charge in [-0.2, -0.15) is 0 Å². The molecular weight excluding hydrogens is 310 g/mol. The molecular formula is C16H21N5O3. The quantitative estimate of drug-likeness (QED) is 0.884. The second kappa shape index (κ2) is 7.29. The van der Waals surface area contributed by atoms with Crippen LogP contribution in [-0.2, 0) is 17.9 Å². The van der Waals surface area contributed by atoms with Crippen LogP contribution < -0.4 is 5.32 Å². The first-order chi connectivity index (χ1) is 11.7. The molecule has 0 bridgehead atoms. The first kappa shape index (κ1) is 16.2. The molecule has 8 nitrogen and oxygen atoms in total. The van der Waals surface area contributed by atoms with Crippen LogP contribution in [0.5, 0.6) is 0 Å². The third kappa shape index (κ3) is 3.47. The zero-order chi connectivity index (χ0) is 16.9. The van der Waals surface area contributed by atoms with Crippen molar-refractivity contribution >= 4 is 11.8 Å². The lowest BCUT2D eigenvalue weighted by Gasteiger charge is -2.31. The molecule has 1 aliphatic heterocycles. The highest BCUT2D eigenvalue weighted by atomic mass is 16.3. The van der Waals surface area contributed by atoms with Crippen LogP contribution in [0.15, 0.2) is 29.1 Å². The summed E-state index contributed by atoms with van der Waals surface area (Å²) in [6.45, 7) is 4.15. The van der Waals surface area contributed by atoms with E-state index >= 15 is 0 Å². The van der Waals surface area contributed by atoms with Gasteiger partial charge < -0.3 is 19.2 Å². The second-order valence-electron chi connectivity index (χ2n) is 5.82. The number of rotatable bonds is 5. The Labute approximate surface area is 139 Å². The summed E-state index contributed by atoms with van der Waals surface area (Å²) in [5.41, 5.74) is 0. The lowest BCUT2D eigenvalue weighted by Crippen LogP contribution is -2.45. The fraction of sp³-hybridized carbons (Fsp3) is 0.500. The molecule has 1 aliphatic rings. The first-order valence-corrected chi connectivity index (χ1v) is 8.16. The standard InChI is InChI=1S/C16H21N5O3/c1-2-20-11-18-19-14(20)9-17-15(22)12-5-3-7-21(10-12)16(23)13-6-4-8-24-13/h4,6,8,11-12H,2-3,5,7,9-10H2,1H3,(H,17,22). The van der Waals surface area contributed by atoms with E-state index < -0.39 is 0 Å². The highest BCUT2D eigenvalue weighted by molar-refractivity contribution is 5.92. The van der Waals surface area contributed by atoms with Crippen molar-refractivity contribution in [2.75, 3.05) is 13.1 Å². The minimum absolute atomic E-state index is 0.0578. The van der Waals surface area contributed by atoms with Crippen molar-refractivity contribution in [2.24, 2.45) is 5.92 Å². The molecule has 0 spiro atoms. The van der Waals surface area contributed by atoms with Crippen molar-refractivity contribution in [1.82, 2.24) is 25.0 Å². The van der Waals surface area contributed by atoms with Crippen LogP contribution in [0.25, 0.3) is 0 Å². The van der Waals surface area contributed by atoms with Gasteiger partial charge in [-0.3, -0.25) is 9.59 Å². The molecule has 0 radical (unpaired) electrons. The molecule has 2 aromatic rings. The molecule has 1 fully saturated rings. The smallest absolute Gasteiger partial charge is 0.289 e. The predicted octanol–water partition coefficient (Wildman–Crippen LogP) is 1.06. The van der Waals surface area contributed by atoms with Crippen molar-refractivity contribution in [3.05, 3.63) is 36.3 Å². The van der Waals surface area contributed by atoms with Crippen LogP contribution >= 0.6 is 0 Å². The number of furan rings is 1. The maximum Gasteiger partial charge on any atom is 0.289 e. The van der Waals surface area contributed by atoms with E-state index in [1.807, 2.05) is 11.5 Å². The summed E-state index contributed by atoms with van der Waals surface area (Å²) in [5, 5.41) is 10.7. The Morgan fingerprint density at radius 1 is 1.46 bits per heavy atom. The number of carbonyl (C=O) groups excluding carboxylic acids is 2. The molecule has 1 saturated heterocycles. The van der Waals surface area contributed by atoms with Gasteiger partial charge in [0.25, 0.3) is 5.91 Å². The van der Waals surface area contributed by atoms with Crippen LogP contribution in [0, 0.1) is 5.92 Å². The summed E-state index contributed by atoms with van der Waals surface area (Å²) in [5.74, 6) is 0.605. The maximum absolute atomic E-state index is 12.4. The molecule has 0 aliphatic carbocycles. The number of amides is 2. The van der Waals surface area contributed by atoms with Crippen molar-refractivity contribution < 1.29 is 14.0 Å². The molecule has 0 aromatic carbocycles. The molecule has 1 unspecified atom stereocenters. The highest BCUT2D eigenvalue weighted by Crippen LogP contribution is 2.19. The minimum Gasteiger partial charge on any atom is -0.459 e. The molecule has 8 heteroatoms. The number of aromatic nitrogens is 3. The van der Waals surface area contributed by atoms with E-state index in [2.05, 4.69) is 15.5 Å². The molecule has 3 rings (SSSR count). The Morgan fingerprint density at radius 2 is 2.33 bits per heavy atom. The fourth-order valence-electron chi connectivity index (χ4n) is 2.92. The Kier molecular flexibility index (Phi) is 4.93. The molecule has 0 saturated carbocycles. The molecule has 2 aromatic heterocycles. The van der Waals surface area contributed by atoms with E-state index in [1.165, 1.54) is 6.26 Å². The summed E-state index contributed by atoms with van der Waals surface area (Å²) in [7, 11) is 0. The van der Waals surface area contributed by atoms with Crippen LogP contribution in [-0.4, -0.2) is 44.6 Å². The van der Waals surface area contributed by atoms with E-state index in [1.54, 1.807) is 23.4 Å². The number of carbonyl (C=O) groups is 2.